The summed E-state index contributed by atoms with van der Waals surface area (Å²) in [6.45, 7) is 5.05. The smallest absolute Gasteiger partial charge is 0.0656 e. The van der Waals surface area contributed by atoms with Gasteiger partial charge in [-0.15, -0.1) is 0 Å². The maximum absolute atomic E-state index is 6.08. The second-order valence-electron chi connectivity index (χ2n) is 5.96. The number of benzene rings is 2. The van der Waals surface area contributed by atoms with Crippen molar-refractivity contribution in [3.8, 4) is 0 Å². The number of methoxy groups -OCH3 is 1. The Balaban J connectivity index is 2.23. The van der Waals surface area contributed by atoms with E-state index in [0.717, 1.165) is 13.1 Å². The lowest BCUT2D eigenvalue weighted by Crippen LogP contribution is -2.53. The summed E-state index contributed by atoms with van der Waals surface area (Å²) in [4.78, 5) is 2.40. The fourth-order valence-electron chi connectivity index (χ4n) is 2.64. The van der Waals surface area contributed by atoms with Crippen LogP contribution in [0, 0.1) is 0 Å². The molecule has 0 saturated carbocycles. The van der Waals surface area contributed by atoms with Gasteiger partial charge in [-0.1, -0.05) is 60.7 Å². The summed E-state index contributed by atoms with van der Waals surface area (Å²) in [6.07, 6.45) is 0. The molecular weight excluding hydrogens is 272 g/mol. The lowest BCUT2D eigenvalue weighted by atomic mass is 9.98. The minimum Gasteiger partial charge on any atom is -0.383 e. The molecule has 0 aromatic heterocycles. The average molecular weight is 298 g/mol. The molecule has 0 radical (unpaired) electrons. The molecule has 2 aromatic rings. The van der Waals surface area contributed by atoms with E-state index in [-0.39, 0.29) is 5.54 Å². The SMILES string of the molecule is COCC(C)(CN)N(Cc1ccccc1)Cc1ccccc1. The fourth-order valence-corrected chi connectivity index (χ4v) is 2.64. The lowest BCUT2D eigenvalue weighted by Gasteiger charge is -2.40. The van der Waals surface area contributed by atoms with Crippen molar-refractivity contribution in [2.75, 3.05) is 20.3 Å². The van der Waals surface area contributed by atoms with Crippen LogP contribution in [0.3, 0.4) is 0 Å². The predicted molar refractivity (Wildman–Crippen MR) is 91.5 cm³/mol. The van der Waals surface area contributed by atoms with E-state index in [4.69, 9.17) is 10.5 Å². The summed E-state index contributed by atoms with van der Waals surface area (Å²) >= 11 is 0. The Morgan fingerprint density at radius 1 is 0.909 bits per heavy atom. The van der Waals surface area contributed by atoms with Crippen LogP contribution in [0.4, 0.5) is 0 Å². The van der Waals surface area contributed by atoms with Gasteiger partial charge in [0, 0.05) is 26.7 Å². The minimum absolute atomic E-state index is 0.194. The van der Waals surface area contributed by atoms with Gasteiger partial charge in [-0.3, -0.25) is 4.90 Å². The molecule has 1 unspecified atom stereocenters. The molecule has 118 valence electrons. The first-order valence-corrected chi connectivity index (χ1v) is 7.70. The second-order valence-corrected chi connectivity index (χ2v) is 5.96. The van der Waals surface area contributed by atoms with Crippen molar-refractivity contribution < 1.29 is 4.74 Å². The van der Waals surface area contributed by atoms with E-state index in [2.05, 4.69) is 60.4 Å². The Labute approximate surface area is 133 Å². The highest BCUT2D eigenvalue weighted by Gasteiger charge is 2.30. The number of ether oxygens (including phenoxy) is 1. The monoisotopic (exact) mass is 298 g/mol. The summed E-state index contributed by atoms with van der Waals surface area (Å²) in [7, 11) is 1.73. The molecule has 0 saturated heterocycles. The van der Waals surface area contributed by atoms with Gasteiger partial charge < -0.3 is 10.5 Å². The first kappa shape index (κ1) is 16.7. The van der Waals surface area contributed by atoms with Crippen LogP contribution in [-0.2, 0) is 17.8 Å². The molecule has 0 fully saturated rings. The summed E-state index contributed by atoms with van der Waals surface area (Å²) in [5.41, 5.74) is 8.46. The molecule has 0 aliphatic carbocycles. The normalized spacial score (nSPS) is 14.0. The van der Waals surface area contributed by atoms with Crippen molar-refractivity contribution in [1.82, 2.24) is 4.90 Å². The van der Waals surface area contributed by atoms with Gasteiger partial charge in [0.1, 0.15) is 0 Å². The quantitative estimate of drug-likeness (QED) is 0.814. The molecule has 22 heavy (non-hydrogen) atoms. The second kappa shape index (κ2) is 8.08. The number of rotatable bonds is 8. The molecule has 1 atom stereocenters. The van der Waals surface area contributed by atoms with Crippen LogP contribution in [0.15, 0.2) is 60.7 Å². The molecule has 0 aliphatic heterocycles. The summed E-state index contributed by atoms with van der Waals surface area (Å²) in [6, 6.07) is 21.0. The maximum Gasteiger partial charge on any atom is 0.0656 e. The van der Waals surface area contributed by atoms with Crippen molar-refractivity contribution in [2.24, 2.45) is 5.73 Å². The topological polar surface area (TPSA) is 38.5 Å². The van der Waals surface area contributed by atoms with Crippen LogP contribution in [0.5, 0.6) is 0 Å². The first-order chi connectivity index (χ1) is 10.7. The van der Waals surface area contributed by atoms with Gasteiger partial charge >= 0.3 is 0 Å². The van der Waals surface area contributed by atoms with E-state index in [9.17, 15) is 0 Å². The zero-order valence-electron chi connectivity index (χ0n) is 13.5. The molecule has 0 spiro atoms. The van der Waals surface area contributed by atoms with Crippen molar-refractivity contribution in [3.05, 3.63) is 71.8 Å². The van der Waals surface area contributed by atoms with Gasteiger partial charge in [0.15, 0.2) is 0 Å². The van der Waals surface area contributed by atoms with Gasteiger partial charge in [0.05, 0.1) is 12.1 Å². The van der Waals surface area contributed by atoms with Crippen molar-refractivity contribution in [2.45, 2.75) is 25.6 Å². The van der Waals surface area contributed by atoms with Crippen LogP contribution in [0.25, 0.3) is 0 Å². The molecule has 0 heterocycles. The zero-order valence-corrected chi connectivity index (χ0v) is 13.5. The van der Waals surface area contributed by atoms with Crippen LogP contribution < -0.4 is 5.73 Å². The van der Waals surface area contributed by atoms with E-state index in [1.54, 1.807) is 7.11 Å². The molecule has 3 heteroatoms. The van der Waals surface area contributed by atoms with E-state index < -0.39 is 0 Å². The molecule has 2 rings (SSSR count). The largest absolute Gasteiger partial charge is 0.383 e. The summed E-state index contributed by atoms with van der Waals surface area (Å²) in [5.74, 6) is 0. The minimum atomic E-state index is -0.194. The van der Waals surface area contributed by atoms with Gasteiger partial charge in [-0.2, -0.15) is 0 Å². The average Bonchev–Trinajstić information content (AvgIpc) is 2.56. The van der Waals surface area contributed by atoms with Crippen LogP contribution in [0.2, 0.25) is 0 Å². The molecule has 2 aromatic carbocycles. The predicted octanol–water partition coefficient (Wildman–Crippen LogP) is 3.05. The van der Waals surface area contributed by atoms with Crippen LogP contribution in [-0.4, -0.2) is 30.7 Å². The highest BCUT2D eigenvalue weighted by atomic mass is 16.5. The van der Waals surface area contributed by atoms with Crippen molar-refractivity contribution >= 4 is 0 Å². The Hall–Kier alpha value is -1.68. The third-order valence-electron chi connectivity index (χ3n) is 4.09. The van der Waals surface area contributed by atoms with Gasteiger partial charge in [-0.25, -0.2) is 0 Å². The van der Waals surface area contributed by atoms with Crippen molar-refractivity contribution in [1.29, 1.82) is 0 Å². The van der Waals surface area contributed by atoms with E-state index in [1.165, 1.54) is 11.1 Å². The Bertz CT molecular complexity index is 502. The third kappa shape index (κ3) is 4.41. The van der Waals surface area contributed by atoms with E-state index >= 15 is 0 Å². The molecule has 3 nitrogen and oxygen atoms in total. The van der Waals surface area contributed by atoms with E-state index in [0.29, 0.717) is 13.2 Å². The van der Waals surface area contributed by atoms with E-state index in [1.807, 2.05) is 12.1 Å². The number of hydrogen-bond donors (Lipinski definition) is 1. The zero-order chi connectivity index (χ0) is 15.8. The maximum atomic E-state index is 6.08. The first-order valence-electron chi connectivity index (χ1n) is 7.70. The van der Waals surface area contributed by atoms with Gasteiger partial charge in [0.2, 0.25) is 0 Å². The lowest BCUT2D eigenvalue weighted by molar-refractivity contribution is 0.0160. The summed E-state index contributed by atoms with van der Waals surface area (Å²) < 4.78 is 5.43. The molecule has 0 bridgehead atoms. The highest BCUT2D eigenvalue weighted by Crippen LogP contribution is 2.21. The van der Waals surface area contributed by atoms with Gasteiger partial charge in [0.25, 0.3) is 0 Å². The fraction of sp³-hybridized carbons (Fsp3) is 0.368. The van der Waals surface area contributed by atoms with Gasteiger partial charge in [-0.05, 0) is 18.1 Å². The van der Waals surface area contributed by atoms with Crippen LogP contribution >= 0.6 is 0 Å². The molecular formula is C19H26N2O. The number of nitrogens with zero attached hydrogens (tertiary/aromatic N) is 1. The molecule has 0 aliphatic rings. The Kier molecular flexibility index (Phi) is 6.13. The number of hydrogen-bond acceptors (Lipinski definition) is 3. The van der Waals surface area contributed by atoms with Crippen LogP contribution in [0.1, 0.15) is 18.1 Å². The standard InChI is InChI=1S/C19H26N2O/c1-19(15-20,16-22-2)21(13-17-9-5-3-6-10-17)14-18-11-7-4-8-12-18/h3-12H,13-16,20H2,1-2H3. The summed E-state index contributed by atoms with van der Waals surface area (Å²) in [5, 5.41) is 0. The highest BCUT2D eigenvalue weighted by molar-refractivity contribution is 5.18. The molecule has 0 amide bonds. The third-order valence-corrected chi connectivity index (χ3v) is 4.09. The Morgan fingerprint density at radius 2 is 1.36 bits per heavy atom. The number of nitrogens with two attached hydrogens (primary N) is 1. The Morgan fingerprint density at radius 3 is 1.73 bits per heavy atom. The van der Waals surface area contributed by atoms with Crippen molar-refractivity contribution in [3.63, 3.8) is 0 Å². The molecule has 2 N–H and O–H groups in total.